The molecule has 4 atom stereocenters. The summed E-state index contributed by atoms with van der Waals surface area (Å²) in [6.07, 6.45) is -0.803. The fourth-order valence-corrected chi connectivity index (χ4v) is 2.22. The van der Waals surface area contributed by atoms with E-state index < -0.39 is 5.79 Å². The number of fused-ring (bicyclic) bond motifs is 3. The number of ether oxygens (including phenoxy) is 4. The van der Waals surface area contributed by atoms with Gasteiger partial charge in [-0.25, -0.2) is 0 Å². The molecule has 3 fully saturated rings. The van der Waals surface area contributed by atoms with E-state index in [4.69, 9.17) is 18.9 Å². The molecule has 0 N–H and O–H groups in total. The first-order valence-electron chi connectivity index (χ1n) is 4.76. The van der Waals surface area contributed by atoms with Gasteiger partial charge in [0, 0.05) is 0 Å². The number of carbonyl (C=O) groups is 1. The third-order valence-corrected chi connectivity index (χ3v) is 2.72. The molecule has 3 saturated heterocycles. The van der Waals surface area contributed by atoms with Gasteiger partial charge in [0.15, 0.2) is 24.3 Å². The molecule has 2 unspecified atom stereocenters. The molecule has 3 aliphatic rings. The number of rotatable bonds is 0. The summed E-state index contributed by atoms with van der Waals surface area (Å²) in [7, 11) is 0. The van der Waals surface area contributed by atoms with Gasteiger partial charge in [0.25, 0.3) is 0 Å². The summed E-state index contributed by atoms with van der Waals surface area (Å²) in [5.41, 5.74) is 0. The summed E-state index contributed by atoms with van der Waals surface area (Å²) < 4.78 is 21.8. The summed E-state index contributed by atoms with van der Waals surface area (Å²) in [4.78, 5) is 11.0. The van der Waals surface area contributed by atoms with Crippen LogP contribution in [0.1, 0.15) is 20.3 Å². The van der Waals surface area contributed by atoms with Crippen molar-refractivity contribution in [1.29, 1.82) is 0 Å². The Labute approximate surface area is 81.3 Å². The van der Waals surface area contributed by atoms with Crippen LogP contribution >= 0.6 is 0 Å². The van der Waals surface area contributed by atoms with Gasteiger partial charge >= 0.3 is 5.97 Å². The van der Waals surface area contributed by atoms with Gasteiger partial charge in [0.05, 0.1) is 6.42 Å². The van der Waals surface area contributed by atoms with E-state index in [9.17, 15) is 4.79 Å². The van der Waals surface area contributed by atoms with Gasteiger partial charge in [-0.3, -0.25) is 4.79 Å². The zero-order chi connectivity index (χ0) is 9.92. The molecule has 14 heavy (non-hydrogen) atoms. The van der Waals surface area contributed by atoms with Crippen LogP contribution < -0.4 is 0 Å². The summed E-state index contributed by atoms with van der Waals surface area (Å²) in [5, 5.41) is 0. The van der Waals surface area contributed by atoms with Crippen LogP contribution in [-0.2, 0) is 23.7 Å². The largest absolute Gasteiger partial charge is 0.456 e. The Kier molecular flexibility index (Phi) is 1.53. The van der Waals surface area contributed by atoms with Crippen molar-refractivity contribution < 1.29 is 23.7 Å². The molecule has 5 heteroatoms. The van der Waals surface area contributed by atoms with Crippen molar-refractivity contribution in [3.63, 3.8) is 0 Å². The van der Waals surface area contributed by atoms with Crippen molar-refractivity contribution in [2.75, 3.05) is 0 Å². The normalized spacial score (nSPS) is 48.9. The average molecular weight is 200 g/mol. The predicted octanol–water partition coefficient (Wildman–Crippen LogP) is 0.178. The van der Waals surface area contributed by atoms with E-state index in [2.05, 4.69) is 0 Å². The second kappa shape index (κ2) is 2.48. The van der Waals surface area contributed by atoms with Crippen LogP contribution in [-0.4, -0.2) is 36.4 Å². The summed E-state index contributed by atoms with van der Waals surface area (Å²) in [6, 6.07) is 0. The minimum absolute atomic E-state index is 0.186. The first kappa shape index (κ1) is 8.64. The highest BCUT2D eigenvalue weighted by molar-refractivity contribution is 5.73. The highest BCUT2D eigenvalue weighted by Gasteiger charge is 2.59. The van der Waals surface area contributed by atoms with Crippen molar-refractivity contribution in [3.05, 3.63) is 0 Å². The summed E-state index contributed by atoms with van der Waals surface area (Å²) in [5.74, 6) is -0.860. The van der Waals surface area contributed by atoms with Crippen LogP contribution in [0.5, 0.6) is 0 Å². The van der Waals surface area contributed by atoms with Crippen LogP contribution in [0.25, 0.3) is 0 Å². The average Bonchev–Trinajstić information content (AvgIpc) is 2.58. The Bertz CT molecular complexity index is 287. The van der Waals surface area contributed by atoms with E-state index in [1.54, 1.807) is 0 Å². The molecule has 0 radical (unpaired) electrons. The first-order chi connectivity index (χ1) is 6.55. The zero-order valence-electron chi connectivity index (χ0n) is 8.06. The van der Waals surface area contributed by atoms with Crippen LogP contribution in [0.15, 0.2) is 0 Å². The first-order valence-corrected chi connectivity index (χ1v) is 4.76. The number of carbonyl (C=O) groups excluding carboxylic acids is 1. The Morgan fingerprint density at radius 1 is 1.29 bits per heavy atom. The molecule has 0 aromatic carbocycles. The van der Waals surface area contributed by atoms with E-state index in [1.807, 2.05) is 13.8 Å². The van der Waals surface area contributed by atoms with E-state index in [0.29, 0.717) is 6.42 Å². The van der Waals surface area contributed by atoms with E-state index in [0.717, 1.165) is 0 Å². The van der Waals surface area contributed by atoms with Crippen molar-refractivity contribution in [3.8, 4) is 0 Å². The molecule has 0 spiro atoms. The van der Waals surface area contributed by atoms with E-state index >= 15 is 0 Å². The van der Waals surface area contributed by atoms with Crippen molar-refractivity contribution in [2.24, 2.45) is 0 Å². The van der Waals surface area contributed by atoms with Crippen LogP contribution in [0.2, 0.25) is 0 Å². The molecule has 0 bridgehead atoms. The molecule has 3 heterocycles. The number of hydrogen-bond acceptors (Lipinski definition) is 5. The third kappa shape index (κ3) is 1.09. The quantitative estimate of drug-likeness (QED) is 0.522. The standard InChI is InChI=1S/C9H12O5/c1-9(2)13-7-6-4(3-5(10)12-6)11-8(7)14-9/h4,6-8H,3H2,1-2H3/t4?,6-,7?,8+/m0/s1. The lowest BCUT2D eigenvalue weighted by molar-refractivity contribution is -0.209. The lowest BCUT2D eigenvalue weighted by Crippen LogP contribution is -2.32. The maximum absolute atomic E-state index is 11.0. The van der Waals surface area contributed by atoms with Crippen LogP contribution in [0.3, 0.4) is 0 Å². The molecule has 0 amide bonds. The maximum atomic E-state index is 11.0. The molecule has 5 nitrogen and oxygen atoms in total. The van der Waals surface area contributed by atoms with Crippen molar-refractivity contribution in [1.82, 2.24) is 0 Å². The SMILES string of the molecule is CC1(C)OC2[C@H](OC3CC(=O)O[C@@H]32)O1. The van der Waals surface area contributed by atoms with Gasteiger partial charge in [-0.05, 0) is 13.8 Å². The minimum Gasteiger partial charge on any atom is -0.456 e. The molecule has 78 valence electrons. The fourth-order valence-electron chi connectivity index (χ4n) is 2.22. The second-order valence-electron chi connectivity index (χ2n) is 4.30. The third-order valence-electron chi connectivity index (χ3n) is 2.72. The van der Waals surface area contributed by atoms with Gasteiger partial charge in [0.1, 0.15) is 6.10 Å². The van der Waals surface area contributed by atoms with Crippen molar-refractivity contribution in [2.45, 2.75) is 50.7 Å². The Hall–Kier alpha value is -0.650. The topological polar surface area (TPSA) is 54.0 Å². The molecule has 3 aliphatic heterocycles. The van der Waals surface area contributed by atoms with Crippen molar-refractivity contribution >= 4 is 5.97 Å². The molecular weight excluding hydrogens is 188 g/mol. The number of esters is 1. The van der Waals surface area contributed by atoms with Gasteiger partial charge in [-0.1, -0.05) is 0 Å². The van der Waals surface area contributed by atoms with Crippen LogP contribution in [0, 0.1) is 0 Å². The lowest BCUT2D eigenvalue weighted by atomic mass is 10.1. The number of hydrogen-bond donors (Lipinski definition) is 0. The Morgan fingerprint density at radius 3 is 2.86 bits per heavy atom. The molecule has 0 saturated carbocycles. The molecule has 3 rings (SSSR count). The van der Waals surface area contributed by atoms with Gasteiger partial charge in [-0.15, -0.1) is 0 Å². The highest BCUT2D eigenvalue weighted by Crippen LogP contribution is 2.41. The van der Waals surface area contributed by atoms with Gasteiger partial charge in [-0.2, -0.15) is 0 Å². The molecule has 0 aromatic rings. The second-order valence-corrected chi connectivity index (χ2v) is 4.30. The van der Waals surface area contributed by atoms with Crippen LogP contribution in [0.4, 0.5) is 0 Å². The van der Waals surface area contributed by atoms with Gasteiger partial charge < -0.3 is 18.9 Å². The van der Waals surface area contributed by atoms with E-state index in [-0.39, 0.29) is 30.6 Å². The Balaban J connectivity index is 1.81. The molecular formula is C9H12O5. The Morgan fingerprint density at radius 2 is 2.07 bits per heavy atom. The fraction of sp³-hybridized carbons (Fsp3) is 0.889. The minimum atomic E-state index is -0.644. The zero-order valence-corrected chi connectivity index (χ0v) is 8.06. The van der Waals surface area contributed by atoms with E-state index in [1.165, 1.54) is 0 Å². The highest BCUT2D eigenvalue weighted by atomic mass is 16.8. The maximum Gasteiger partial charge on any atom is 0.309 e. The van der Waals surface area contributed by atoms with Gasteiger partial charge in [0.2, 0.25) is 0 Å². The molecule has 0 aromatic heterocycles. The lowest BCUT2D eigenvalue weighted by Gasteiger charge is -2.20. The monoisotopic (exact) mass is 200 g/mol. The predicted molar refractivity (Wildman–Crippen MR) is 43.2 cm³/mol. The molecule has 0 aliphatic carbocycles. The smallest absolute Gasteiger partial charge is 0.309 e. The summed E-state index contributed by atoms with van der Waals surface area (Å²) >= 11 is 0. The summed E-state index contributed by atoms with van der Waals surface area (Å²) in [6.45, 7) is 3.64.